The highest BCUT2D eigenvalue weighted by Gasteiger charge is 2.16. The molecule has 0 saturated carbocycles. The van der Waals surface area contributed by atoms with Gasteiger partial charge in [0.05, 0.1) is 10.6 Å². The maximum Gasteiger partial charge on any atom is 0.261 e. The first kappa shape index (κ1) is 16.9. The molecule has 0 spiro atoms. The smallest absolute Gasteiger partial charge is 0.261 e. The normalized spacial score (nSPS) is 12.9. The lowest BCUT2D eigenvalue weighted by Crippen LogP contribution is -2.13. The summed E-state index contributed by atoms with van der Waals surface area (Å²) < 4.78 is 27.7. The molecule has 3 nitrogen and oxygen atoms in total. The van der Waals surface area contributed by atoms with Gasteiger partial charge in [-0.15, -0.1) is 11.8 Å². The molecule has 0 fully saturated rings. The van der Waals surface area contributed by atoms with Crippen LogP contribution in [-0.4, -0.2) is 14.7 Å². The van der Waals surface area contributed by atoms with E-state index in [4.69, 9.17) is 0 Å². The van der Waals surface area contributed by atoms with E-state index in [2.05, 4.69) is 18.6 Å². The van der Waals surface area contributed by atoms with Crippen molar-refractivity contribution in [3.05, 3.63) is 54.1 Å². The van der Waals surface area contributed by atoms with E-state index in [0.717, 1.165) is 16.9 Å². The second kappa shape index (κ2) is 7.20. The van der Waals surface area contributed by atoms with E-state index in [-0.39, 0.29) is 4.90 Å². The molecule has 0 amide bonds. The highest BCUT2D eigenvalue weighted by molar-refractivity contribution is 7.99. The van der Waals surface area contributed by atoms with Crippen LogP contribution in [0.15, 0.2) is 58.3 Å². The van der Waals surface area contributed by atoms with Crippen molar-refractivity contribution in [3.63, 3.8) is 0 Å². The molecule has 0 heterocycles. The Balaban J connectivity index is 2.27. The first-order valence-electron chi connectivity index (χ1n) is 7.23. The van der Waals surface area contributed by atoms with Crippen molar-refractivity contribution < 1.29 is 8.42 Å². The maximum atomic E-state index is 12.5. The molecule has 2 aromatic carbocycles. The zero-order valence-corrected chi connectivity index (χ0v) is 14.7. The summed E-state index contributed by atoms with van der Waals surface area (Å²) in [4.78, 5) is 1.19. The van der Waals surface area contributed by atoms with Crippen LogP contribution in [0.1, 0.15) is 31.7 Å². The van der Waals surface area contributed by atoms with Crippen LogP contribution in [0.3, 0.4) is 0 Å². The number of nitrogens with one attached hydrogen (secondary N) is 1. The molecule has 0 radical (unpaired) electrons. The van der Waals surface area contributed by atoms with Gasteiger partial charge in [0.2, 0.25) is 0 Å². The molecule has 0 saturated heterocycles. The Morgan fingerprint density at radius 1 is 1.09 bits per heavy atom. The van der Waals surface area contributed by atoms with Crippen molar-refractivity contribution in [2.45, 2.75) is 36.0 Å². The van der Waals surface area contributed by atoms with E-state index in [9.17, 15) is 8.42 Å². The Morgan fingerprint density at radius 3 is 2.32 bits per heavy atom. The first-order valence-corrected chi connectivity index (χ1v) is 9.94. The number of para-hydroxylation sites is 1. The third kappa shape index (κ3) is 3.84. The lowest BCUT2D eigenvalue weighted by molar-refractivity contribution is 0.601. The van der Waals surface area contributed by atoms with Crippen molar-refractivity contribution in [2.24, 2.45) is 0 Å². The molecule has 0 aliphatic carbocycles. The molecule has 118 valence electrons. The van der Waals surface area contributed by atoms with E-state index in [1.54, 1.807) is 18.2 Å². The van der Waals surface area contributed by atoms with Gasteiger partial charge >= 0.3 is 0 Å². The predicted molar refractivity (Wildman–Crippen MR) is 94.2 cm³/mol. The minimum Gasteiger partial charge on any atom is -0.278 e. The quantitative estimate of drug-likeness (QED) is 0.777. The molecule has 0 bridgehead atoms. The number of rotatable bonds is 6. The molecular weight excluding hydrogens is 314 g/mol. The molecule has 0 unspecified atom stereocenters. The number of hydrogen-bond acceptors (Lipinski definition) is 3. The van der Waals surface area contributed by atoms with E-state index in [0.29, 0.717) is 11.6 Å². The third-order valence-electron chi connectivity index (χ3n) is 3.72. The minimum atomic E-state index is -3.56. The van der Waals surface area contributed by atoms with Gasteiger partial charge in [0, 0.05) is 4.90 Å². The standard InChI is InChI=1S/C17H21NO2S2/c1-4-13(2)14-9-11-15(12-10-14)22(19,20)18-16-7-5-6-8-17(16)21-3/h5-13,18H,4H2,1-3H3/t13-/m1/s1. The van der Waals surface area contributed by atoms with Crippen LogP contribution >= 0.6 is 11.8 Å². The van der Waals surface area contributed by atoms with Gasteiger partial charge < -0.3 is 0 Å². The van der Waals surface area contributed by atoms with Gasteiger partial charge in [0.1, 0.15) is 0 Å². The Hall–Kier alpha value is -1.46. The zero-order valence-electron chi connectivity index (χ0n) is 13.0. The fraction of sp³-hybridized carbons (Fsp3) is 0.294. The molecule has 0 aliphatic heterocycles. The van der Waals surface area contributed by atoms with Crippen LogP contribution in [0, 0.1) is 0 Å². The summed E-state index contributed by atoms with van der Waals surface area (Å²) in [6, 6.07) is 14.5. The van der Waals surface area contributed by atoms with Crippen LogP contribution in [0.2, 0.25) is 0 Å². The number of hydrogen-bond donors (Lipinski definition) is 1. The van der Waals surface area contributed by atoms with Crippen LogP contribution in [-0.2, 0) is 10.0 Å². The lowest BCUT2D eigenvalue weighted by Gasteiger charge is -2.13. The van der Waals surface area contributed by atoms with Gasteiger partial charge in [0.15, 0.2) is 0 Å². The Kier molecular flexibility index (Phi) is 5.53. The van der Waals surface area contributed by atoms with E-state index < -0.39 is 10.0 Å². The van der Waals surface area contributed by atoms with Crippen LogP contribution in [0.4, 0.5) is 5.69 Å². The van der Waals surface area contributed by atoms with Gasteiger partial charge in [0.25, 0.3) is 10.0 Å². The molecule has 1 atom stereocenters. The number of anilines is 1. The Bertz CT molecular complexity index is 725. The van der Waals surface area contributed by atoms with Crippen molar-refractivity contribution >= 4 is 27.5 Å². The highest BCUT2D eigenvalue weighted by Crippen LogP contribution is 2.27. The second-order valence-corrected chi connectivity index (χ2v) is 7.71. The largest absolute Gasteiger partial charge is 0.278 e. The summed E-state index contributed by atoms with van der Waals surface area (Å²) in [6.45, 7) is 4.26. The molecule has 2 aromatic rings. The Labute approximate surface area is 137 Å². The predicted octanol–water partition coefficient (Wildman–Crippen LogP) is 4.72. The molecular formula is C17H21NO2S2. The van der Waals surface area contributed by atoms with Gasteiger partial charge in [-0.2, -0.15) is 0 Å². The molecule has 5 heteroatoms. The zero-order chi connectivity index (χ0) is 16.2. The maximum absolute atomic E-state index is 12.5. The fourth-order valence-electron chi connectivity index (χ4n) is 2.14. The Morgan fingerprint density at radius 2 is 1.73 bits per heavy atom. The van der Waals surface area contributed by atoms with Crippen LogP contribution in [0.5, 0.6) is 0 Å². The summed E-state index contributed by atoms with van der Waals surface area (Å²) in [6.07, 6.45) is 2.96. The summed E-state index contributed by atoms with van der Waals surface area (Å²) in [5.41, 5.74) is 1.77. The van der Waals surface area contributed by atoms with Crippen LogP contribution in [0.25, 0.3) is 0 Å². The fourth-order valence-corrected chi connectivity index (χ4v) is 3.84. The molecule has 0 aromatic heterocycles. The number of thioether (sulfide) groups is 1. The van der Waals surface area contributed by atoms with E-state index in [1.165, 1.54) is 11.8 Å². The average Bonchev–Trinajstić information content (AvgIpc) is 2.54. The molecule has 22 heavy (non-hydrogen) atoms. The minimum absolute atomic E-state index is 0.287. The second-order valence-electron chi connectivity index (χ2n) is 5.18. The average molecular weight is 335 g/mol. The number of sulfonamides is 1. The highest BCUT2D eigenvalue weighted by atomic mass is 32.2. The third-order valence-corrected chi connectivity index (χ3v) is 5.90. The number of benzene rings is 2. The van der Waals surface area contributed by atoms with Crippen molar-refractivity contribution in [2.75, 3.05) is 11.0 Å². The topological polar surface area (TPSA) is 46.2 Å². The van der Waals surface area contributed by atoms with Crippen molar-refractivity contribution in [1.82, 2.24) is 0 Å². The SMILES string of the molecule is CC[C@@H](C)c1ccc(S(=O)(=O)Nc2ccccc2SC)cc1. The summed E-state index contributed by atoms with van der Waals surface area (Å²) in [5, 5.41) is 0. The summed E-state index contributed by atoms with van der Waals surface area (Å²) in [7, 11) is -3.56. The van der Waals surface area contributed by atoms with E-state index >= 15 is 0 Å². The van der Waals surface area contributed by atoms with Crippen molar-refractivity contribution in [1.29, 1.82) is 0 Å². The summed E-state index contributed by atoms with van der Waals surface area (Å²) >= 11 is 1.51. The van der Waals surface area contributed by atoms with Crippen molar-refractivity contribution in [3.8, 4) is 0 Å². The van der Waals surface area contributed by atoms with Gasteiger partial charge in [-0.25, -0.2) is 8.42 Å². The van der Waals surface area contributed by atoms with E-state index in [1.807, 2.05) is 36.6 Å². The lowest BCUT2D eigenvalue weighted by atomic mass is 9.99. The molecule has 0 aliphatic rings. The van der Waals surface area contributed by atoms with Gasteiger partial charge in [-0.1, -0.05) is 38.1 Å². The van der Waals surface area contributed by atoms with Crippen LogP contribution < -0.4 is 4.72 Å². The van der Waals surface area contributed by atoms with Gasteiger partial charge in [-0.05, 0) is 48.4 Å². The van der Waals surface area contributed by atoms with Gasteiger partial charge in [-0.3, -0.25) is 4.72 Å². The summed E-state index contributed by atoms with van der Waals surface area (Å²) in [5.74, 6) is 0.432. The monoisotopic (exact) mass is 335 g/mol. The molecule has 2 rings (SSSR count). The molecule has 1 N–H and O–H groups in total. The first-order chi connectivity index (χ1) is 10.5.